The van der Waals surface area contributed by atoms with Crippen molar-refractivity contribution in [1.29, 1.82) is 0 Å². The molecule has 0 heterocycles. The highest BCUT2D eigenvalue weighted by Gasteiger charge is 2.02. The average Bonchev–Trinajstić information content (AvgIpc) is 2.27. The van der Waals surface area contributed by atoms with Gasteiger partial charge in [0.2, 0.25) is 0 Å². The first-order valence-electron chi connectivity index (χ1n) is 4.46. The van der Waals surface area contributed by atoms with Gasteiger partial charge >= 0.3 is 5.97 Å². The van der Waals surface area contributed by atoms with E-state index in [1.165, 1.54) is 12.1 Å². The Morgan fingerprint density at radius 1 is 1.27 bits per heavy atom. The van der Waals surface area contributed by atoms with Crippen molar-refractivity contribution in [2.45, 2.75) is 6.92 Å². The van der Waals surface area contributed by atoms with E-state index in [2.05, 4.69) is 9.62 Å². The Kier molecular flexibility index (Phi) is 4.43. The van der Waals surface area contributed by atoms with Gasteiger partial charge in [0.05, 0.1) is 6.61 Å². The lowest BCUT2D eigenvalue weighted by Crippen LogP contribution is -2.14. The van der Waals surface area contributed by atoms with Gasteiger partial charge in [-0.1, -0.05) is 0 Å². The SMILES string of the molecule is CCOC(=O)COc1ccc(OO)cc1. The summed E-state index contributed by atoms with van der Waals surface area (Å²) in [5, 5.41) is 8.30. The molecular formula is C10H12O5. The van der Waals surface area contributed by atoms with Crippen molar-refractivity contribution in [3.63, 3.8) is 0 Å². The van der Waals surface area contributed by atoms with Crippen LogP contribution in [0.15, 0.2) is 24.3 Å². The summed E-state index contributed by atoms with van der Waals surface area (Å²) in [7, 11) is 0. The van der Waals surface area contributed by atoms with E-state index >= 15 is 0 Å². The molecule has 82 valence electrons. The Hall–Kier alpha value is -1.75. The third kappa shape index (κ3) is 3.86. The lowest BCUT2D eigenvalue weighted by Gasteiger charge is -2.05. The summed E-state index contributed by atoms with van der Waals surface area (Å²) in [5.41, 5.74) is 0. The Balaban J connectivity index is 2.40. The molecule has 5 heteroatoms. The lowest BCUT2D eigenvalue weighted by molar-refractivity contribution is -0.145. The summed E-state index contributed by atoms with van der Waals surface area (Å²) < 4.78 is 9.79. The van der Waals surface area contributed by atoms with E-state index in [1.54, 1.807) is 19.1 Å². The van der Waals surface area contributed by atoms with Gasteiger partial charge in [-0.05, 0) is 31.2 Å². The fraction of sp³-hybridized carbons (Fsp3) is 0.300. The van der Waals surface area contributed by atoms with Crippen LogP contribution in [-0.4, -0.2) is 24.4 Å². The lowest BCUT2D eigenvalue weighted by atomic mass is 10.3. The molecule has 1 N–H and O–H groups in total. The van der Waals surface area contributed by atoms with Crippen molar-refractivity contribution in [3.05, 3.63) is 24.3 Å². The number of ether oxygens (including phenoxy) is 2. The Labute approximate surface area is 87.1 Å². The summed E-state index contributed by atoms with van der Waals surface area (Å²) in [4.78, 5) is 14.9. The third-order valence-corrected chi connectivity index (χ3v) is 1.59. The van der Waals surface area contributed by atoms with Crippen LogP contribution in [0.25, 0.3) is 0 Å². The first kappa shape index (κ1) is 11.3. The second-order valence-electron chi connectivity index (χ2n) is 2.66. The van der Waals surface area contributed by atoms with Crippen LogP contribution < -0.4 is 9.62 Å². The summed E-state index contributed by atoms with van der Waals surface area (Å²) >= 11 is 0. The molecule has 0 unspecified atom stereocenters. The standard InChI is InChI=1S/C10H12O5/c1-2-13-10(11)7-14-8-3-5-9(15-12)6-4-8/h3-6,12H,2,7H2,1H3. The number of carbonyl (C=O) groups is 1. The van der Waals surface area contributed by atoms with Crippen molar-refractivity contribution < 1.29 is 24.4 Å². The van der Waals surface area contributed by atoms with Crippen molar-refractivity contribution in [1.82, 2.24) is 0 Å². The molecule has 0 atom stereocenters. The van der Waals surface area contributed by atoms with Gasteiger partial charge in [-0.3, -0.25) is 0 Å². The first-order valence-corrected chi connectivity index (χ1v) is 4.46. The maximum atomic E-state index is 10.9. The maximum Gasteiger partial charge on any atom is 0.344 e. The number of benzene rings is 1. The molecule has 15 heavy (non-hydrogen) atoms. The van der Waals surface area contributed by atoms with Gasteiger partial charge in [-0.15, -0.1) is 0 Å². The highest BCUT2D eigenvalue weighted by atomic mass is 17.1. The van der Waals surface area contributed by atoms with Gasteiger partial charge in [0.25, 0.3) is 0 Å². The minimum Gasteiger partial charge on any atom is -0.482 e. The zero-order valence-corrected chi connectivity index (χ0v) is 8.30. The number of esters is 1. The highest BCUT2D eigenvalue weighted by molar-refractivity contribution is 5.71. The molecule has 1 aromatic rings. The van der Waals surface area contributed by atoms with Crippen molar-refractivity contribution >= 4 is 5.97 Å². The van der Waals surface area contributed by atoms with Crippen LogP contribution in [0.5, 0.6) is 11.5 Å². The minimum absolute atomic E-state index is 0.132. The second-order valence-corrected chi connectivity index (χ2v) is 2.66. The highest BCUT2D eigenvalue weighted by Crippen LogP contribution is 2.16. The zero-order chi connectivity index (χ0) is 11.1. The van der Waals surface area contributed by atoms with Gasteiger partial charge in [0.1, 0.15) is 5.75 Å². The van der Waals surface area contributed by atoms with E-state index in [4.69, 9.17) is 9.99 Å². The Bertz CT molecular complexity index is 306. The van der Waals surface area contributed by atoms with Crippen LogP contribution in [0.1, 0.15) is 6.92 Å². The largest absolute Gasteiger partial charge is 0.482 e. The van der Waals surface area contributed by atoms with Crippen LogP contribution in [0.4, 0.5) is 0 Å². The van der Waals surface area contributed by atoms with E-state index in [0.29, 0.717) is 18.1 Å². The molecule has 0 aliphatic rings. The first-order chi connectivity index (χ1) is 7.26. The van der Waals surface area contributed by atoms with Crippen molar-refractivity contribution in [3.8, 4) is 11.5 Å². The molecule has 0 fully saturated rings. The number of hydrogen-bond donors (Lipinski definition) is 1. The molecule has 0 aromatic heterocycles. The molecule has 0 saturated heterocycles. The van der Waals surface area contributed by atoms with Crippen LogP contribution >= 0.6 is 0 Å². The minimum atomic E-state index is -0.417. The quantitative estimate of drug-likeness (QED) is 0.455. The topological polar surface area (TPSA) is 65.0 Å². The summed E-state index contributed by atoms with van der Waals surface area (Å²) in [6.07, 6.45) is 0. The Morgan fingerprint density at radius 3 is 2.40 bits per heavy atom. The fourth-order valence-corrected chi connectivity index (χ4v) is 0.942. The third-order valence-electron chi connectivity index (χ3n) is 1.59. The predicted molar refractivity (Wildman–Crippen MR) is 51.8 cm³/mol. The molecule has 0 saturated carbocycles. The van der Waals surface area contributed by atoms with E-state index in [1.807, 2.05) is 0 Å². The molecule has 5 nitrogen and oxygen atoms in total. The van der Waals surface area contributed by atoms with Crippen molar-refractivity contribution in [2.75, 3.05) is 13.2 Å². The molecule has 0 spiro atoms. The number of carbonyl (C=O) groups excluding carboxylic acids is 1. The molecule has 0 amide bonds. The van der Waals surface area contributed by atoms with Crippen LogP contribution in [-0.2, 0) is 9.53 Å². The zero-order valence-electron chi connectivity index (χ0n) is 8.30. The van der Waals surface area contributed by atoms with Gasteiger partial charge in [-0.2, -0.15) is 0 Å². The van der Waals surface area contributed by atoms with E-state index in [-0.39, 0.29) is 6.61 Å². The average molecular weight is 212 g/mol. The number of hydrogen-bond acceptors (Lipinski definition) is 5. The Morgan fingerprint density at radius 2 is 1.87 bits per heavy atom. The van der Waals surface area contributed by atoms with Gasteiger partial charge in [0.15, 0.2) is 12.4 Å². The molecule has 0 bridgehead atoms. The van der Waals surface area contributed by atoms with Gasteiger partial charge in [-0.25, -0.2) is 10.1 Å². The number of rotatable bonds is 5. The predicted octanol–water partition coefficient (Wildman–Crippen LogP) is 1.48. The van der Waals surface area contributed by atoms with E-state index in [9.17, 15) is 4.79 Å². The van der Waals surface area contributed by atoms with E-state index in [0.717, 1.165) is 0 Å². The second kappa shape index (κ2) is 5.87. The maximum absolute atomic E-state index is 10.9. The molecule has 1 rings (SSSR count). The monoisotopic (exact) mass is 212 g/mol. The van der Waals surface area contributed by atoms with Crippen molar-refractivity contribution in [2.24, 2.45) is 0 Å². The van der Waals surface area contributed by atoms with Gasteiger partial charge in [0, 0.05) is 0 Å². The van der Waals surface area contributed by atoms with Crippen LogP contribution in [0.2, 0.25) is 0 Å². The smallest absolute Gasteiger partial charge is 0.344 e. The molecule has 0 radical (unpaired) electrons. The normalized spacial score (nSPS) is 9.47. The molecule has 0 aliphatic heterocycles. The van der Waals surface area contributed by atoms with Gasteiger partial charge < -0.3 is 14.4 Å². The molecule has 1 aromatic carbocycles. The summed E-state index contributed by atoms with van der Waals surface area (Å²) in [5.74, 6) is 0.391. The molecular weight excluding hydrogens is 200 g/mol. The molecule has 0 aliphatic carbocycles. The summed E-state index contributed by atoms with van der Waals surface area (Å²) in [6, 6.07) is 6.18. The van der Waals surface area contributed by atoms with Crippen LogP contribution in [0.3, 0.4) is 0 Å². The van der Waals surface area contributed by atoms with Crippen LogP contribution in [0, 0.1) is 0 Å². The van der Waals surface area contributed by atoms with E-state index < -0.39 is 5.97 Å². The fourth-order valence-electron chi connectivity index (χ4n) is 0.942. The summed E-state index contributed by atoms with van der Waals surface area (Å²) in [6.45, 7) is 1.93.